The van der Waals surface area contributed by atoms with Crippen LogP contribution in [0.4, 0.5) is 0 Å². The highest BCUT2D eigenvalue weighted by molar-refractivity contribution is 5.93. The number of unbranched alkanes of at least 4 members (excludes halogenated alkanes) is 1. The monoisotopic (exact) mass is 357 g/mol. The van der Waals surface area contributed by atoms with E-state index in [1.807, 2.05) is 16.8 Å². The van der Waals surface area contributed by atoms with Crippen molar-refractivity contribution >= 4 is 5.91 Å². The van der Waals surface area contributed by atoms with Crippen molar-refractivity contribution in [2.45, 2.75) is 63.6 Å². The van der Waals surface area contributed by atoms with Crippen molar-refractivity contribution in [1.82, 2.24) is 14.8 Å². The van der Waals surface area contributed by atoms with Gasteiger partial charge in [0.05, 0.1) is 6.10 Å². The molecule has 0 bridgehead atoms. The molecule has 1 aliphatic carbocycles. The summed E-state index contributed by atoms with van der Waals surface area (Å²) in [5.41, 5.74) is 12.7. The highest BCUT2D eigenvalue weighted by Gasteiger charge is 2.31. The molecule has 3 rings (SSSR count). The predicted octanol–water partition coefficient (Wildman–Crippen LogP) is 1.80. The van der Waals surface area contributed by atoms with E-state index in [1.54, 1.807) is 12.1 Å². The maximum Gasteiger partial charge on any atom is 0.248 e. The number of primary amides is 1. The molecule has 7 heteroatoms. The largest absolute Gasteiger partial charge is 0.392 e. The van der Waals surface area contributed by atoms with E-state index in [4.69, 9.17) is 21.5 Å². The summed E-state index contributed by atoms with van der Waals surface area (Å²) in [5.74, 6) is 1.34. The van der Waals surface area contributed by atoms with Crippen molar-refractivity contribution in [2.75, 3.05) is 0 Å². The molecule has 0 aliphatic heterocycles. The number of aliphatic hydroxyl groups is 1. The van der Waals surface area contributed by atoms with Crippen LogP contribution in [0.3, 0.4) is 0 Å². The number of nitrogens with two attached hydrogens (primary N) is 2. The third-order valence-electron chi connectivity index (χ3n) is 5.08. The van der Waals surface area contributed by atoms with E-state index in [0.717, 1.165) is 37.2 Å². The van der Waals surface area contributed by atoms with E-state index in [-0.39, 0.29) is 12.0 Å². The summed E-state index contributed by atoms with van der Waals surface area (Å²) < 4.78 is 1.98. The van der Waals surface area contributed by atoms with Gasteiger partial charge in [-0.25, -0.2) is 9.67 Å². The molecule has 7 nitrogen and oxygen atoms in total. The average molecular weight is 357 g/mol. The van der Waals surface area contributed by atoms with Crippen LogP contribution in [0.5, 0.6) is 0 Å². The number of hydrogen-bond acceptors (Lipinski definition) is 5. The van der Waals surface area contributed by atoms with Gasteiger partial charge in [0.25, 0.3) is 0 Å². The van der Waals surface area contributed by atoms with Crippen molar-refractivity contribution in [2.24, 2.45) is 11.5 Å². The Morgan fingerprint density at radius 3 is 2.65 bits per heavy atom. The Hall–Kier alpha value is -2.25. The maximum atomic E-state index is 11.2. The molecular formula is C19H27N5O2. The van der Waals surface area contributed by atoms with Crippen molar-refractivity contribution in [3.63, 3.8) is 0 Å². The number of hydrogen-bond donors (Lipinski definition) is 3. The number of carbonyl (C=O) groups is 1. The zero-order valence-electron chi connectivity index (χ0n) is 15.1. The topological polar surface area (TPSA) is 120 Å². The third-order valence-corrected chi connectivity index (χ3v) is 5.08. The second-order valence-corrected chi connectivity index (χ2v) is 7.05. The van der Waals surface area contributed by atoms with Crippen LogP contribution in [0, 0.1) is 0 Å². The smallest absolute Gasteiger partial charge is 0.248 e. The van der Waals surface area contributed by atoms with Crippen molar-refractivity contribution in [1.29, 1.82) is 0 Å². The van der Waals surface area contributed by atoms with Gasteiger partial charge in [-0.2, -0.15) is 5.10 Å². The Balaban J connectivity index is 1.89. The fourth-order valence-corrected chi connectivity index (χ4v) is 3.46. The SMILES string of the molecule is CCCCn1nc(-c2ccc(C(N)=O)cc2)nc1[C@H]1CC[C@@H](O)[C@H](N)C1. The van der Waals surface area contributed by atoms with E-state index in [2.05, 4.69) is 6.92 Å². The first-order valence-corrected chi connectivity index (χ1v) is 9.28. The molecule has 1 aromatic heterocycles. The van der Waals surface area contributed by atoms with Crippen molar-refractivity contribution in [3.05, 3.63) is 35.7 Å². The number of amides is 1. The summed E-state index contributed by atoms with van der Waals surface area (Å²) >= 11 is 0. The van der Waals surface area contributed by atoms with Crippen LogP contribution in [-0.2, 0) is 6.54 Å². The minimum absolute atomic E-state index is 0.205. The average Bonchev–Trinajstić information content (AvgIpc) is 3.06. The van der Waals surface area contributed by atoms with Gasteiger partial charge in [-0.15, -0.1) is 0 Å². The summed E-state index contributed by atoms with van der Waals surface area (Å²) in [5, 5.41) is 14.6. The summed E-state index contributed by atoms with van der Waals surface area (Å²) in [6.45, 7) is 2.96. The Morgan fingerprint density at radius 1 is 1.31 bits per heavy atom. The van der Waals surface area contributed by atoms with Gasteiger partial charge < -0.3 is 16.6 Å². The Kier molecular flexibility index (Phi) is 5.68. The molecule has 3 atom stereocenters. The van der Waals surface area contributed by atoms with Crippen molar-refractivity contribution < 1.29 is 9.90 Å². The number of aromatic nitrogens is 3. The minimum Gasteiger partial charge on any atom is -0.392 e. The van der Waals surface area contributed by atoms with Crippen LogP contribution in [0.25, 0.3) is 11.4 Å². The predicted molar refractivity (Wildman–Crippen MR) is 99.5 cm³/mol. The summed E-state index contributed by atoms with van der Waals surface area (Å²) in [4.78, 5) is 16.0. The molecule has 5 N–H and O–H groups in total. The molecule has 0 saturated heterocycles. The van der Waals surface area contributed by atoms with Crippen LogP contribution in [-0.4, -0.2) is 37.9 Å². The van der Waals surface area contributed by atoms with Gasteiger partial charge in [-0.05, 0) is 37.8 Å². The lowest BCUT2D eigenvalue weighted by Crippen LogP contribution is -2.40. The molecule has 1 aromatic carbocycles. The molecule has 26 heavy (non-hydrogen) atoms. The van der Waals surface area contributed by atoms with Crippen LogP contribution in [0.2, 0.25) is 0 Å². The lowest BCUT2D eigenvalue weighted by atomic mass is 9.83. The standard InChI is InChI=1S/C19H27N5O2/c1-2-3-10-24-19(14-8-9-16(25)15(20)11-14)22-18(23-24)13-6-4-12(5-7-13)17(21)26/h4-7,14-16,25H,2-3,8-11,20H2,1H3,(H2,21,26)/t14-,15+,16+/m0/s1. The van der Waals surface area contributed by atoms with E-state index in [1.165, 1.54) is 0 Å². The lowest BCUT2D eigenvalue weighted by molar-refractivity contribution is 0.0983. The Labute approximate surface area is 153 Å². The van der Waals surface area contributed by atoms with E-state index in [0.29, 0.717) is 24.2 Å². The van der Waals surface area contributed by atoms with Gasteiger partial charge in [0, 0.05) is 29.6 Å². The third kappa shape index (κ3) is 3.94. The highest BCUT2D eigenvalue weighted by Crippen LogP contribution is 2.32. The molecule has 1 saturated carbocycles. The quantitative estimate of drug-likeness (QED) is 0.728. The highest BCUT2D eigenvalue weighted by atomic mass is 16.3. The molecular weight excluding hydrogens is 330 g/mol. The van der Waals surface area contributed by atoms with E-state index >= 15 is 0 Å². The zero-order chi connectivity index (χ0) is 18.7. The van der Waals surface area contributed by atoms with Gasteiger partial charge in [0.15, 0.2) is 5.82 Å². The Morgan fingerprint density at radius 2 is 2.04 bits per heavy atom. The molecule has 1 fully saturated rings. The number of benzene rings is 1. The van der Waals surface area contributed by atoms with Crippen LogP contribution >= 0.6 is 0 Å². The lowest BCUT2D eigenvalue weighted by Gasteiger charge is -2.30. The molecule has 0 radical (unpaired) electrons. The molecule has 1 aliphatic rings. The summed E-state index contributed by atoms with van der Waals surface area (Å²) in [7, 11) is 0. The van der Waals surface area contributed by atoms with Crippen molar-refractivity contribution in [3.8, 4) is 11.4 Å². The number of aryl methyl sites for hydroxylation is 1. The van der Waals surface area contributed by atoms with E-state index < -0.39 is 12.0 Å². The molecule has 0 unspecified atom stereocenters. The van der Waals surface area contributed by atoms with Gasteiger partial charge in [0.1, 0.15) is 5.82 Å². The molecule has 140 valence electrons. The Bertz CT molecular complexity index is 756. The zero-order valence-corrected chi connectivity index (χ0v) is 15.1. The van der Waals surface area contributed by atoms with E-state index in [9.17, 15) is 9.90 Å². The molecule has 1 heterocycles. The minimum atomic E-state index is -0.451. The fraction of sp³-hybridized carbons (Fsp3) is 0.526. The first-order chi connectivity index (χ1) is 12.5. The maximum absolute atomic E-state index is 11.2. The second-order valence-electron chi connectivity index (χ2n) is 7.05. The molecule has 0 spiro atoms. The summed E-state index contributed by atoms with van der Waals surface area (Å²) in [6.07, 6.45) is 3.93. The van der Waals surface area contributed by atoms with Gasteiger partial charge in [-0.3, -0.25) is 4.79 Å². The first-order valence-electron chi connectivity index (χ1n) is 9.28. The van der Waals surface area contributed by atoms with Crippen LogP contribution < -0.4 is 11.5 Å². The molecule has 2 aromatic rings. The fourth-order valence-electron chi connectivity index (χ4n) is 3.46. The number of rotatable bonds is 6. The first kappa shape index (κ1) is 18.5. The van der Waals surface area contributed by atoms with Crippen LogP contribution in [0.1, 0.15) is 61.1 Å². The number of nitrogens with zero attached hydrogens (tertiary/aromatic N) is 3. The second kappa shape index (κ2) is 7.97. The molecule has 1 amide bonds. The normalized spacial score (nSPS) is 23.1. The van der Waals surface area contributed by atoms with Crippen LogP contribution in [0.15, 0.2) is 24.3 Å². The number of carbonyl (C=O) groups excluding carboxylic acids is 1. The van der Waals surface area contributed by atoms with Gasteiger partial charge in [-0.1, -0.05) is 25.5 Å². The number of aliphatic hydroxyl groups excluding tert-OH is 1. The van der Waals surface area contributed by atoms with Gasteiger partial charge in [0.2, 0.25) is 5.91 Å². The summed E-state index contributed by atoms with van der Waals surface area (Å²) in [6, 6.07) is 6.80. The van der Waals surface area contributed by atoms with Gasteiger partial charge >= 0.3 is 0 Å².